The molecule has 0 atom stereocenters. The zero-order valence-corrected chi connectivity index (χ0v) is 38.0. The largest absolute Gasteiger partial charge is 0.456 e. The molecule has 61 heavy (non-hydrogen) atoms. The van der Waals surface area contributed by atoms with E-state index in [0.29, 0.717) is 0 Å². The summed E-state index contributed by atoms with van der Waals surface area (Å²) >= 11 is 0. The lowest BCUT2D eigenvalue weighted by Gasteiger charge is -2.31. The summed E-state index contributed by atoms with van der Waals surface area (Å²) < 4.78 is 6.92. The molecule has 0 spiro atoms. The van der Waals surface area contributed by atoms with Gasteiger partial charge >= 0.3 is 0 Å². The van der Waals surface area contributed by atoms with Crippen molar-refractivity contribution in [3.8, 4) is 33.4 Å². The summed E-state index contributed by atoms with van der Waals surface area (Å²) in [7, 11) is 0. The van der Waals surface area contributed by atoms with Gasteiger partial charge < -0.3 is 9.32 Å². The first-order chi connectivity index (χ1) is 28.8. The lowest BCUT2D eigenvalue weighted by atomic mass is 9.79. The minimum absolute atomic E-state index is 0.00578. The summed E-state index contributed by atoms with van der Waals surface area (Å²) in [6.07, 6.45) is 0. The maximum absolute atomic E-state index is 6.92. The van der Waals surface area contributed by atoms with Gasteiger partial charge in [-0.1, -0.05) is 168 Å². The third-order valence-electron chi connectivity index (χ3n) is 14.9. The maximum atomic E-state index is 6.92. The van der Waals surface area contributed by atoms with E-state index in [1.807, 2.05) is 0 Å². The molecule has 0 fully saturated rings. The predicted molar refractivity (Wildman–Crippen MR) is 258 cm³/mol. The topological polar surface area (TPSA) is 16.4 Å². The van der Waals surface area contributed by atoms with Gasteiger partial charge in [0.25, 0.3) is 0 Å². The van der Waals surface area contributed by atoms with Crippen LogP contribution in [0.25, 0.3) is 55.3 Å². The van der Waals surface area contributed by atoms with Gasteiger partial charge in [-0.25, -0.2) is 0 Å². The summed E-state index contributed by atoms with van der Waals surface area (Å²) in [6.45, 7) is 28.2. The minimum atomic E-state index is -0.243. The van der Waals surface area contributed by atoms with Crippen molar-refractivity contribution in [1.29, 1.82) is 0 Å². The molecule has 8 aromatic rings. The maximum Gasteiger partial charge on any atom is 0.139 e. The van der Waals surface area contributed by atoms with Crippen LogP contribution in [-0.4, -0.2) is 0 Å². The number of furan rings is 1. The Morgan fingerprint density at radius 3 is 1.64 bits per heavy atom. The van der Waals surface area contributed by atoms with Crippen molar-refractivity contribution in [2.75, 3.05) is 4.90 Å². The highest BCUT2D eigenvalue weighted by Crippen LogP contribution is 2.58. The number of nitrogens with zero attached hydrogens (tertiary/aromatic N) is 1. The Hall–Kier alpha value is -5.86. The normalized spacial score (nSPS) is 16.3. The smallest absolute Gasteiger partial charge is 0.139 e. The zero-order chi connectivity index (χ0) is 42.8. The molecule has 304 valence electrons. The van der Waals surface area contributed by atoms with Gasteiger partial charge in [0.05, 0.1) is 5.69 Å². The Kier molecular flexibility index (Phi) is 7.59. The van der Waals surface area contributed by atoms with Gasteiger partial charge in [0.15, 0.2) is 0 Å². The number of rotatable bonds is 3. The fourth-order valence-electron chi connectivity index (χ4n) is 11.5. The lowest BCUT2D eigenvalue weighted by Crippen LogP contribution is -2.18. The molecule has 0 N–H and O–H groups in total. The van der Waals surface area contributed by atoms with Gasteiger partial charge in [-0.3, -0.25) is 0 Å². The van der Waals surface area contributed by atoms with Gasteiger partial charge in [0.2, 0.25) is 0 Å². The van der Waals surface area contributed by atoms with Crippen LogP contribution in [0.15, 0.2) is 132 Å². The number of hydrogen-bond donors (Lipinski definition) is 0. The fraction of sp³-hybridized carbons (Fsp3) is 0.288. The van der Waals surface area contributed by atoms with E-state index in [1.165, 1.54) is 106 Å². The molecule has 0 unspecified atom stereocenters. The Bertz CT molecular complexity index is 3190. The number of fused-ring (bicyclic) bond motifs is 13. The van der Waals surface area contributed by atoms with Gasteiger partial charge in [0, 0.05) is 49.5 Å². The summed E-state index contributed by atoms with van der Waals surface area (Å²) in [6, 6.07) is 48.8. The first kappa shape index (κ1) is 38.1. The Balaban J connectivity index is 1.17. The van der Waals surface area contributed by atoms with Crippen LogP contribution in [0.4, 0.5) is 17.1 Å². The van der Waals surface area contributed by atoms with E-state index >= 15 is 0 Å². The SMILES string of the molecule is CC(C)(C)c1cc(C(C)(C)C)c2oc3ccc4c(c3c2c1)-c1ccc(N(c2ccc3c(c2)C(C)(C)c2ccccc2-3)c2cccc3c2-c2ccccc2C3(C)C)cc1C4(C)C. The molecule has 0 radical (unpaired) electrons. The van der Waals surface area contributed by atoms with E-state index in [4.69, 9.17) is 4.42 Å². The highest BCUT2D eigenvalue weighted by atomic mass is 16.3. The number of benzene rings is 7. The second kappa shape index (κ2) is 12.2. The molecule has 3 aliphatic rings. The van der Waals surface area contributed by atoms with Gasteiger partial charge in [0.1, 0.15) is 11.2 Å². The van der Waals surface area contributed by atoms with E-state index in [0.717, 1.165) is 11.2 Å². The van der Waals surface area contributed by atoms with E-state index in [1.54, 1.807) is 0 Å². The Labute approximate surface area is 362 Å². The Morgan fingerprint density at radius 1 is 0.443 bits per heavy atom. The van der Waals surface area contributed by atoms with Crippen LogP contribution in [0, 0.1) is 0 Å². The first-order valence-corrected chi connectivity index (χ1v) is 22.3. The average Bonchev–Trinajstić information content (AvgIpc) is 3.86. The second-order valence-electron chi connectivity index (χ2n) is 21.8. The van der Waals surface area contributed by atoms with Gasteiger partial charge in [-0.05, 0) is 120 Å². The standard InChI is InChI=1S/C59H57NO/c1-55(2,3)34-30-41-53-50(61-54(41)48(31-34)56(4,5)6)29-28-45-52(53)40-27-25-36(33-47(40)59(45,11)12)60(35-24-26-38-37-18-13-15-20-42(37)58(9,10)46(38)32-35)49-23-17-22-44-51(49)39-19-14-16-21-43(39)57(44,7)8/h13-33H,1-12H3. The predicted octanol–water partition coefficient (Wildman–Crippen LogP) is 16.6. The molecule has 1 aromatic heterocycles. The number of hydrogen-bond acceptors (Lipinski definition) is 2. The van der Waals surface area contributed by atoms with Crippen LogP contribution in [0.3, 0.4) is 0 Å². The van der Waals surface area contributed by atoms with E-state index < -0.39 is 0 Å². The molecule has 11 rings (SSSR count). The molecule has 2 nitrogen and oxygen atoms in total. The Morgan fingerprint density at radius 2 is 0.967 bits per heavy atom. The quantitative estimate of drug-likeness (QED) is 0.177. The summed E-state index contributed by atoms with van der Waals surface area (Å²) in [4.78, 5) is 2.56. The van der Waals surface area contributed by atoms with Gasteiger partial charge in [-0.2, -0.15) is 0 Å². The third kappa shape index (κ3) is 5.14. The van der Waals surface area contributed by atoms with Crippen molar-refractivity contribution in [1.82, 2.24) is 0 Å². The molecule has 2 heteroatoms. The lowest BCUT2D eigenvalue weighted by molar-refractivity contribution is 0.559. The monoisotopic (exact) mass is 795 g/mol. The van der Waals surface area contributed by atoms with Crippen molar-refractivity contribution in [3.63, 3.8) is 0 Å². The van der Waals surface area contributed by atoms with Crippen LogP contribution >= 0.6 is 0 Å². The van der Waals surface area contributed by atoms with Crippen molar-refractivity contribution in [3.05, 3.63) is 172 Å². The van der Waals surface area contributed by atoms with Crippen LogP contribution < -0.4 is 4.90 Å². The van der Waals surface area contributed by atoms with Crippen molar-refractivity contribution < 1.29 is 4.42 Å². The van der Waals surface area contributed by atoms with Crippen LogP contribution in [-0.2, 0) is 27.1 Å². The van der Waals surface area contributed by atoms with Gasteiger partial charge in [-0.15, -0.1) is 0 Å². The van der Waals surface area contributed by atoms with Crippen molar-refractivity contribution >= 4 is 39.0 Å². The average molecular weight is 796 g/mol. The molecule has 0 saturated carbocycles. The van der Waals surface area contributed by atoms with E-state index in [9.17, 15) is 0 Å². The molecule has 3 aliphatic carbocycles. The summed E-state index contributed by atoms with van der Waals surface area (Å²) in [5.74, 6) is 0. The van der Waals surface area contributed by atoms with Crippen LogP contribution in [0.1, 0.15) is 128 Å². The van der Waals surface area contributed by atoms with E-state index in [-0.39, 0.29) is 27.1 Å². The molecule has 0 bridgehead atoms. The minimum Gasteiger partial charge on any atom is -0.456 e. The highest BCUT2D eigenvalue weighted by Gasteiger charge is 2.42. The summed E-state index contributed by atoms with van der Waals surface area (Å²) in [5.41, 5.74) is 23.7. The molecule has 0 aliphatic heterocycles. The third-order valence-corrected chi connectivity index (χ3v) is 14.9. The molecule has 1 heterocycles. The highest BCUT2D eigenvalue weighted by molar-refractivity contribution is 6.16. The van der Waals surface area contributed by atoms with Crippen molar-refractivity contribution in [2.45, 2.75) is 110 Å². The zero-order valence-electron chi connectivity index (χ0n) is 38.0. The first-order valence-electron chi connectivity index (χ1n) is 22.3. The molecule has 0 saturated heterocycles. The van der Waals surface area contributed by atoms with Crippen LogP contribution in [0.2, 0.25) is 0 Å². The summed E-state index contributed by atoms with van der Waals surface area (Å²) in [5, 5.41) is 2.46. The van der Waals surface area contributed by atoms with E-state index in [2.05, 4.69) is 215 Å². The van der Waals surface area contributed by atoms with Crippen LogP contribution in [0.5, 0.6) is 0 Å². The second-order valence-corrected chi connectivity index (χ2v) is 21.8. The number of anilines is 3. The fourth-order valence-corrected chi connectivity index (χ4v) is 11.5. The molecule has 0 amide bonds. The van der Waals surface area contributed by atoms with Crippen molar-refractivity contribution in [2.24, 2.45) is 0 Å². The molecule has 7 aromatic carbocycles. The molecular weight excluding hydrogens is 739 g/mol. The molecular formula is C59H57NO.